The van der Waals surface area contributed by atoms with E-state index in [-0.39, 0.29) is 11.9 Å². The summed E-state index contributed by atoms with van der Waals surface area (Å²) in [6.07, 6.45) is 4.76. The molecule has 0 spiro atoms. The summed E-state index contributed by atoms with van der Waals surface area (Å²) in [5.74, 6) is -0.104. The van der Waals surface area contributed by atoms with Crippen molar-refractivity contribution in [2.24, 2.45) is 7.05 Å². The highest BCUT2D eigenvalue weighted by Gasteiger charge is 2.20. The predicted molar refractivity (Wildman–Crippen MR) is 97.9 cm³/mol. The van der Waals surface area contributed by atoms with Gasteiger partial charge in [0.25, 0.3) is 5.91 Å². The lowest BCUT2D eigenvalue weighted by Crippen LogP contribution is -2.36. The molecule has 0 bridgehead atoms. The van der Waals surface area contributed by atoms with Gasteiger partial charge in [-0.3, -0.25) is 13.8 Å². The van der Waals surface area contributed by atoms with Gasteiger partial charge in [0.2, 0.25) is 10.0 Å². The van der Waals surface area contributed by atoms with Gasteiger partial charge in [-0.1, -0.05) is 0 Å². The maximum absolute atomic E-state index is 12.8. The Morgan fingerprint density at radius 1 is 1.24 bits per heavy atom. The molecule has 2 rings (SSSR count). The molecule has 1 heterocycles. The SMILES string of the molecule is CC(C)N(Cc1cnn(C)c1)C(=O)c1ccc(N(C)S(C)(=O)=O)cc1. The standard InChI is InChI=1S/C17H24N4O3S/c1-13(2)21(12-14-10-18-19(3)11-14)17(22)15-6-8-16(9-7-15)20(4)25(5,23)24/h6-11,13H,12H2,1-5H3. The highest BCUT2D eigenvalue weighted by Crippen LogP contribution is 2.19. The third kappa shape index (κ3) is 4.60. The predicted octanol–water partition coefficient (Wildman–Crippen LogP) is 1.87. The van der Waals surface area contributed by atoms with Gasteiger partial charge >= 0.3 is 0 Å². The van der Waals surface area contributed by atoms with Crippen molar-refractivity contribution in [2.75, 3.05) is 17.6 Å². The number of sulfonamides is 1. The van der Waals surface area contributed by atoms with Gasteiger partial charge in [-0.15, -0.1) is 0 Å². The van der Waals surface area contributed by atoms with Crippen LogP contribution in [-0.2, 0) is 23.6 Å². The van der Waals surface area contributed by atoms with Crippen molar-refractivity contribution in [3.05, 3.63) is 47.8 Å². The van der Waals surface area contributed by atoms with E-state index in [2.05, 4.69) is 5.10 Å². The van der Waals surface area contributed by atoms with Gasteiger partial charge in [0, 0.05) is 44.0 Å². The Labute approximate surface area is 148 Å². The van der Waals surface area contributed by atoms with Crippen molar-refractivity contribution in [1.82, 2.24) is 14.7 Å². The Bertz CT molecular complexity index is 841. The van der Waals surface area contributed by atoms with Crippen molar-refractivity contribution in [3.8, 4) is 0 Å². The number of hydrogen-bond acceptors (Lipinski definition) is 4. The molecule has 0 radical (unpaired) electrons. The minimum Gasteiger partial charge on any atom is -0.332 e. The van der Waals surface area contributed by atoms with Crippen molar-refractivity contribution in [1.29, 1.82) is 0 Å². The van der Waals surface area contributed by atoms with E-state index in [1.807, 2.05) is 27.1 Å². The second-order valence-corrected chi connectivity index (χ2v) is 8.34. The third-order valence-electron chi connectivity index (χ3n) is 3.97. The van der Waals surface area contributed by atoms with E-state index in [1.165, 1.54) is 11.4 Å². The van der Waals surface area contributed by atoms with Crippen LogP contribution in [-0.4, -0.2) is 48.4 Å². The summed E-state index contributed by atoms with van der Waals surface area (Å²) in [5, 5.41) is 4.13. The van der Waals surface area contributed by atoms with E-state index < -0.39 is 10.0 Å². The zero-order chi connectivity index (χ0) is 18.8. The van der Waals surface area contributed by atoms with Gasteiger partial charge < -0.3 is 4.90 Å². The molecular formula is C17H24N4O3S. The largest absolute Gasteiger partial charge is 0.332 e. The molecule has 136 valence electrons. The molecule has 0 saturated heterocycles. The number of carbonyl (C=O) groups is 1. The quantitative estimate of drug-likeness (QED) is 0.784. The molecule has 8 heteroatoms. The smallest absolute Gasteiger partial charge is 0.254 e. The molecule has 1 aromatic carbocycles. The summed E-state index contributed by atoms with van der Waals surface area (Å²) >= 11 is 0. The third-order valence-corrected chi connectivity index (χ3v) is 5.18. The number of hydrogen-bond donors (Lipinski definition) is 0. The number of rotatable bonds is 6. The van der Waals surface area contributed by atoms with Crippen LogP contribution in [0, 0.1) is 0 Å². The number of anilines is 1. The van der Waals surface area contributed by atoms with Crippen LogP contribution in [0.2, 0.25) is 0 Å². The maximum atomic E-state index is 12.8. The molecule has 0 aliphatic rings. The van der Waals surface area contributed by atoms with Crippen LogP contribution in [0.4, 0.5) is 5.69 Å². The highest BCUT2D eigenvalue weighted by molar-refractivity contribution is 7.92. The minimum absolute atomic E-state index is 0.0195. The molecule has 1 aromatic heterocycles. The average Bonchev–Trinajstić information content (AvgIpc) is 2.95. The molecule has 7 nitrogen and oxygen atoms in total. The zero-order valence-electron chi connectivity index (χ0n) is 15.2. The molecular weight excluding hydrogens is 340 g/mol. The summed E-state index contributed by atoms with van der Waals surface area (Å²) in [6.45, 7) is 4.38. The van der Waals surface area contributed by atoms with E-state index in [4.69, 9.17) is 0 Å². The lowest BCUT2D eigenvalue weighted by Gasteiger charge is -2.26. The van der Waals surface area contributed by atoms with Gasteiger partial charge in [-0.25, -0.2) is 8.42 Å². The zero-order valence-corrected chi connectivity index (χ0v) is 16.0. The average molecular weight is 364 g/mol. The first kappa shape index (κ1) is 19.0. The molecule has 1 amide bonds. The molecule has 0 unspecified atom stereocenters. The summed E-state index contributed by atoms with van der Waals surface area (Å²) in [7, 11) is -0.0119. The van der Waals surface area contributed by atoms with E-state index in [0.717, 1.165) is 11.8 Å². The van der Waals surface area contributed by atoms with Crippen LogP contribution in [0.15, 0.2) is 36.7 Å². The fourth-order valence-electron chi connectivity index (χ4n) is 2.41. The number of aryl methyl sites for hydroxylation is 1. The van der Waals surface area contributed by atoms with Crippen LogP contribution < -0.4 is 4.31 Å². The number of carbonyl (C=O) groups excluding carboxylic acids is 1. The number of aromatic nitrogens is 2. The van der Waals surface area contributed by atoms with Crippen molar-refractivity contribution in [3.63, 3.8) is 0 Å². The number of benzene rings is 1. The van der Waals surface area contributed by atoms with Crippen LogP contribution in [0.3, 0.4) is 0 Å². The molecule has 0 aliphatic carbocycles. The fourth-order valence-corrected chi connectivity index (χ4v) is 2.92. The topological polar surface area (TPSA) is 75.5 Å². The molecule has 0 aliphatic heterocycles. The van der Waals surface area contributed by atoms with E-state index in [1.54, 1.807) is 40.0 Å². The molecule has 0 saturated carbocycles. The van der Waals surface area contributed by atoms with Gasteiger partial charge in [0.15, 0.2) is 0 Å². The van der Waals surface area contributed by atoms with Crippen molar-refractivity contribution >= 4 is 21.6 Å². The Morgan fingerprint density at radius 3 is 2.28 bits per heavy atom. The van der Waals surface area contributed by atoms with Crippen molar-refractivity contribution < 1.29 is 13.2 Å². The molecule has 0 atom stereocenters. The summed E-state index contributed by atoms with van der Waals surface area (Å²) in [4.78, 5) is 14.6. The van der Waals surface area contributed by atoms with E-state index >= 15 is 0 Å². The Morgan fingerprint density at radius 2 is 1.84 bits per heavy atom. The normalized spacial score (nSPS) is 11.6. The molecule has 0 fully saturated rings. The summed E-state index contributed by atoms with van der Waals surface area (Å²) in [5.41, 5.74) is 1.99. The Hall–Kier alpha value is -2.35. The fraction of sp³-hybridized carbons (Fsp3) is 0.412. The highest BCUT2D eigenvalue weighted by atomic mass is 32.2. The van der Waals surface area contributed by atoms with Crippen LogP contribution in [0.1, 0.15) is 29.8 Å². The number of nitrogens with zero attached hydrogens (tertiary/aromatic N) is 4. The molecule has 2 aromatic rings. The first-order valence-electron chi connectivity index (χ1n) is 7.92. The molecule has 25 heavy (non-hydrogen) atoms. The van der Waals surface area contributed by atoms with Crippen LogP contribution in [0.5, 0.6) is 0 Å². The lowest BCUT2D eigenvalue weighted by atomic mass is 10.1. The minimum atomic E-state index is -3.33. The Balaban J connectivity index is 2.21. The monoisotopic (exact) mass is 364 g/mol. The Kier molecular flexibility index (Phi) is 5.52. The van der Waals surface area contributed by atoms with Gasteiger partial charge in [-0.05, 0) is 38.1 Å². The summed E-state index contributed by atoms with van der Waals surface area (Å²) in [6, 6.07) is 6.59. The second-order valence-electron chi connectivity index (χ2n) is 6.33. The van der Waals surface area contributed by atoms with E-state index in [9.17, 15) is 13.2 Å². The van der Waals surface area contributed by atoms with Crippen LogP contribution >= 0.6 is 0 Å². The van der Waals surface area contributed by atoms with Gasteiger partial charge in [0.1, 0.15) is 0 Å². The van der Waals surface area contributed by atoms with Gasteiger partial charge in [0.05, 0.1) is 18.1 Å². The summed E-state index contributed by atoms with van der Waals surface area (Å²) < 4.78 is 26.1. The first-order chi connectivity index (χ1) is 11.6. The van der Waals surface area contributed by atoms with Crippen molar-refractivity contribution in [2.45, 2.75) is 26.4 Å². The van der Waals surface area contributed by atoms with Crippen LogP contribution in [0.25, 0.3) is 0 Å². The number of amides is 1. The van der Waals surface area contributed by atoms with E-state index in [0.29, 0.717) is 17.8 Å². The lowest BCUT2D eigenvalue weighted by molar-refractivity contribution is 0.0690. The van der Waals surface area contributed by atoms with Gasteiger partial charge in [-0.2, -0.15) is 5.10 Å². The molecule has 0 N–H and O–H groups in total. The second kappa shape index (κ2) is 7.26. The first-order valence-corrected chi connectivity index (χ1v) is 9.77. The maximum Gasteiger partial charge on any atom is 0.254 e.